The maximum atomic E-state index is 11.7. The quantitative estimate of drug-likeness (QED) is 0.104. The van der Waals surface area contributed by atoms with Crippen molar-refractivity contribution in [2.45, 2.75) is 73.6 Å². The van der Waals surface area contributed by atoms with Gasteiger partial charge in [-0.25, -0.2) is 4.79 Å². The van der Waals surface area contributed by atoms with E-state index >= 15 is 0 Å². The normalized spacial score (nSPS) is 12.2. The number of unbranched alkanes of at least 4 members (excludes halogenated alkanes) is 2. The molecule has 1 aromatic rings. The molecule has 1 amide bonds. The van der Waals surface area contributed by atoms with Crippen LogP contribution in [0.25, 0.3) is 5.57 Å². The van der Waals surface area contributed by atoms with Crippen LogP contribution in [0.4, 0.5) is 10.5 Å². The fourth-order valence-corrected chi connectivity index (χ4v) is 4.57. The van der Waals surface area contributed by atoms with Crippen LogP contribution in [0.5, 0.6) is 0 Å². The highest BCUT2D eigenvalue weighted by Crippen LogP contribution is 2.30. The minimum atomic E-state index is -0.248. The number of rotatable bonds is 16. The summed E-state index contributed by atoms with van der Waals surface area (Å²) in [5.74, 6) is 0. The molecule has 256 valence electrons. The summed E-state index contributed by atoms with van der Waals surface area (Å²) in [7, 11) is 3.55. The monoisotopic (exact) mass is 627 g/mol. The van der Waals surface area contributed by atoms with Crippen LogP contribution in [0.3, 0.4) is 0 Å². The number of piperazine rings is 1. The molecule has 2 rings (SSSR count). The third-order valence-electron chi connectivity index (χ3n) is 7.18. The lowest BCUT2D eigenvalue weighted by atomic mass is 9.98. The van der Waals surface area contributed by atoms with Gasteiger partial charge in [-0.2, -0.15) is 0 Å². The molecule has 0 radical (unpaired) electrons. The maximum absolute atomic E-state index is 11.7. The fraction of sp³-hybridized carbons (Fsp3) is 0.579. The molecular weight excluding hydrogens is 560 g/mol. The summed E-state index contributed by atoms with van der Waals surface area (Å²) in [5.41, 5.74) is 4.76. The van der Waals surface area contributed by atoms with Gasteiger partial charge in [0.15, 0.2) is 0 Å². The van der Waals surface area contributed by atoms with Crippen LogP contribution in [-0.4, -0.2) is 100 Å². The first kappa shape index (κ1) is 44.0. The second-order valence-electron chi connectivity index (χ2n) is 10.9. The molecule has 1 aromatic carbocycles. The lowest BCUT2D eigenvalue weighted by Crippen LogP contribution is -2.50. The van der Waals surface area contributed by atoms with E-state index in [2.05, 4.69) is 68.8 Å². The summed E-state index contributed by atoms with van der Waals surface area (Å²) < 4.78 is 4.82. The Balaban J connectivity index is 0. The summed E-state index contributed by atoms with van der Waals surface area (Å²) in [5, 5.41) is 0. The van der Waals surface area contributed by atoms with E-state index in [1.165, 1.54) is 26.4 Å². The van der Waals surface area contributed by atoms with E-state index in [1.54, 1.807) is 17.1 Å². The molecule has 0 aliphatic carbocycles. The van der Waals surface area contributed by atoms with E-state index in [-0.39, 0.29) is 6.09 Å². The van der Waals surface area contributed by atoms with Crippen molar-refractivity contribution in [3.05, 3.63) is 73.4 Å². The van der Waals surface area contributed by atoms with Gasteiger partial charge in [-0.15, -0.1) is 6.58 Å². The number of methoxy groups -OCH3 is 1. The molecule has 0 aromatic heterocycles. The number of hydrogen-bond acceptors (Lipinski definition) is 6. The Kier molecular flexibility index (Phi) is 27.7. The first-order chi connectivity index (χ1) is 21.6. The molecule has 45 heavy (non-hydrogen) atoms. The third-order valence-corrected chi connectivity index (χ3v) is 7.18. The number of allylic oxidation sites excluding steroid dienone is 2. The number of benzene rings is 1. The summed E-state index contributed by atoms with van der Waals surface area (Å²) >= 11 is 0. The SMILES string of the molecule is C=CC.C=CC(=C)CN(CCN(C)CCN1CCN(C(=O)OC)CC1)c1cc(C=O)ccc1C(=C)CCC.CC.CCCCC. The summed E-state index contributed by atoms with van der Waals surface area (Å²) in [6.45, 7) is 35.4. The average molecular weight is 627 g/mol. The molecule has 0 N–H and O–H groups in total. The van der Waals surface area contributed by atoms with Crippen molar-refractivity contribution in [1.82, 2.24) is 14.7 Å². The smallest absolute Gasteiger partial charge is 0.409 e. The average Bonchev–Trinajstić information content (AvgIpc) is 3.07. The molecule has 1 heterocycles. The molecule has 0 spiro atoms. The second-order valence-corrected chi connectivity index (χ2v) is 10.9. The Morgan fingerprint density at radius 3 is 2.04 bits per heavy atom. The van der Waals surface area contributed by atoms with Crippen molar-refractivity contribution in [3.63, 3.8) is 0 Å². The van der Waals surface area contributed by atoms with Gasteiger partial charge in [-0.3, -0.25) is 9.69 Å². The van der Waals surface area contributed by atoms with Crippen molar-refractivity contribution < 1.29 is 14.3 Å². The number of hydrogen-bond donors (Lipinski definition) is 0. The Morgan fingerprint density at radius 1 is 0.978 bits per heavy atom. The molecule has 1 aliphatic heterocycles. The van der Waals surface area contributed by atoms with Crippen LogP contribution in [0.1, 0.15) is 89.6 Å². The van der Waals surface area contributed by atoms with E-state index < -0.39 is 0 Å². The van der Waals surface area contributed by atoms with E-state index in [0.717, 1.165) is 80.8 Å². The Bertz CT molecular complexity index is 981. The molecule has 1 aliphatic rings. The zero-order valence-electron chi connectivity index (χ0n) is 30.2. The largest absolute Gasteiger partial charge is 0.453 e. The minimum Gasteiger partial charge on any atom is -0.453 e. The van der Waals surface area contributed by atoms with Gasteiger partial charge in [0, 0.05) is 75.7 Å². The van der Waals surface area contributed by atoms with Crippen LogP contribution in [-0.2, 0) is 4.74 Å². The number of carbonyl (C=O) groups excluding carboxylic acids is 2. The number of amides is 1. The van der Waals surface area contributed by atoms with Gasteiger partial charge in [0.1, 0.15) is 6.29 Å². The van der Waals surface area contributed by atoms with Crippen LogP contribution in [0.2, 0.25) is 0 Å². The van der Waals surface area contributed by atoms with E-state index in [1.807, 2.05) is 39.0 Å². The lowest BCUT2D eigenvalue weighted by Gasteiger charge is -2.35. The third kappa shape index (κ3) is 19.1. The van der Waals surface area contributed by atoms with Gasteiger partial charge in [0.2, 0.25) is 0 Å². The first-order valence-corrected chi connectivity index (χ1v) is 16.8. The zero-order valence-corrected chi connectivity index (χ0v) is 30.2. The molecular formula is C38H66N4O3. The first-order valence-electron chi connectivity index (χ1n) is 16.8. The van der Waals surface area contributed by atoms with Crippen molar-refractivity contribution >= 4 is 23.6 Å². The van der Waals surface area contributed by atoms with Crippen LogP contribution in [0.15, 0.2) is 62.2 Å². The molecule has 7 heteroatoms. The molecule has 0 saturated carbocycles. The Morgan fingerprint density at radius 2 is 1.58 bits per heavy atom. The van der Waals surface area contributed by atoms with E-state index in [9.17, 15) is 9.59 Å². The van der Waals surface area contributed by atoms with Crippen LogP contribution < -0.4 is 4.90 Å². The molecule has 0 atom stereocenters. The van der Waals surface area contributed by atoms with E-state index in [4.69, 9.17) is 4.74 Å². The summed E-state index contributed by atoms with van der Waals surface area (Å²) in [6.07, 6.45) is 10.2. The molecule has 1 fully saturated rings. The highest BCUT2D eigenvalue weighted by atomic mass is 16.5. The second kappa shape index (κ2) is 28.3. The minimum absolute atomic E-state index is 0.248. The number of carbonyl (C=O) groups is 2. The van der Waals surface area contributed by atoms with Gasteiger partial charge >= 0.3 is 6.09 Å². The van der Waals surface area contributed by atoms with Crippen molar-refractivity contribution in [3.8, 4) is 0 Å². The topological polar surface area (TPSA) is 56.3 Å². The highest BCUT2D eigenvalue weighted by Gasteiger charge is 2.21. The number of likely N-dealkylation sites (N-methyl/N-ethyl adjacent to an activating group) is 1. The Labute approximate surface area is 277 Å². The predicted molar refractivity (Wildman–Crippen MR) is 198 cm³/mol. The number of aldehydes is 1. The van der Waals surface area contributed by atoms with Gasteiger partial charge in [-0.1, -0.05) is 104 Å². The van der Waals surface area contributed by atoms with Gasteiger partial charge in [0.05, 0.1) is 7.11 Å². The van der Waals surface area contributed by atoms with Gasteiger partial charge in [-0.05, 0) is 37.6 Å². The lowest BCUT2D eigenvalue weighted by molar-refractivity contribution is 0.0880. The van der Waals surface area contributed by atoms with Crippen molar-refractivity contribution in [1.29, 1.82) is 0 Å². The molecule has 0 unspecified atom stereocenters. The van der Waals surface area contributed by atoms with Crippen LogP contribution in [0, 0.1) is 0 Å². The highest BCUT2D eigenvalue weighted by molar-refractivity contribution is 5.83. The zero-order chi connectivity index (χ0) is 34.6. The van der Waals surface area contributed by atoms with Crippen LogP contribution >= 0.6 is 0 Å². The van der Waals surface area contributed by atoms with Gasteiger partial charge in [0.25, 0.3) is 0 Å². The number of anilines is 1. The van der Waals surface area contributed by atoms with Crippen molar-refractivity contribution in [2.75, 3.05) is 78.0 Å². The summed E-state index contributed by atoms with van der Waals surface area (Å²) in [4.78, 5) is 31.9. The molecule has 1 saturated heterocycles. The standard InChI is InChI=1S/C28H42N4O3.C5H12.C3H6.C2H6/c1-7-9-24(4)26-11-10-25(22-33)20-27(26)32(21-23(3)8-2)17-13-29(5)12-14-30-15-18-31(19-16-30)28(34)35-6;1-3-5-4-2;1-3-2;1-2/h8,10-11,20,22H,2-4,7,9,12-19,21H2,1,5-6H3;3-5H2,1-2H3;3H,1H2,2H3;1-2H3. The molecule has 7 nitrogen and oxygen atoms in total. The fourth-order valence-electron chi connectivity index (χ4n) is 4.57. The predicted octanol–water partition coefficient (Wildman–Crippen LogP) is 8.59. The van der Waals surface area contributed by atoms with Crippen molar-refractivity contribution in [2.24, 2.45) is 0 Å². The van der Waals surface area contributed by atoms with Gasteiger partial charge < -0.3 is 19.4 Å². The molecule has 0 bridgehead atoms. The number of ether oxygens (including phenoxy) is 1. The maximum Gasteiger partial charge on any atom is 0.409 e. The Hall–Kier alpha value is -3.16. The number of nitrogens with zero attached hydrogens (tertiary/aromatic N) is 4. The summed E-state index contributed by atoms with van der Waals surface area (Å²) in [6, 6.07) is 5.83. The van der Waals surface area contributed by atoms with E-state index in [0.29, 0.717) is 25.2 Å².